The van der Waals surface area contributed by atoms with Gasteiger partial charge in [0, 0.05) is 29.7 Å². The van der Waals surface area contributed by atoms with Crippen LogP contribution in [0.25, 0.3) is 17.0 Å². The zero-order valence-corrected chi connectivity index (χ0v) is 12.8. The Balaban J connectivity index is 2.22. The summed E-state index contributed by atoms with van der Waals surface area (Å²) in [5.41, 5.74) is 2.40. The molecule has 22 heavy (non-hydrogen) atoms. The number of nitrogens with one attached hydrogen (secondary N) is 2. The molecule has 2 aromatic rings. The van der Waals surface area contributed by atoms with Crippen molar-refractivity contribution in [1.29, 1.82) is 0 Å². The Morgan fingerprint density at radius 3 is 2.77 bits per heavy atom. The Hall–Kier alpha value is -2.67. The molecule has 0 atom stereocenters. The van der Waals surface area contributed by atoms with Gasteiger partial charge in [0.2, 0.25) is 0 Å². The molecule has 7 heteroatoms. The molecule has 1 fully saturated rings. The molecule has 3 rings (SSSR count). The number of benzene rings is 1. The van der Waals surface area contributed by atoms with Crippen molar-refractivity contribution in [3.8, 4) is 0 Å². The Labute approximate surface area is 131 Å². The van der Waals surface area contributed by atoms with E-state index in [4.69, 9.17) is 17.0 Å². The maximum Gasteiger partial charge on any atom is 0.338 e. The molecule has 112 valence electrons. The number of hydrogen-bond acceptors (Lipinski definition) is 4. The summed E-state index contributed by atoms with van der Waals surface area (Å²) in [6.07, 6.45) is 3.52. The number of esters is 1. The number of ether oxygens (including phenoxy) is 1. The van der Waals surface area contributed by atoms with E-state index in [1.165, 1.54) is 7.11 Å². The molecule has 1 aliphatic rings. The molecule has 0 saturated carbocycles. The van der Waals surface area contributed by atoms with Crippen LogP contribution in [0.3, 0.4) is 0 Å². The van der Waals surface area contributed by atoms with Crippen molar-refractivity contribution < 1.29 is 14.3 Å². The molecule has 1 saturated heterocycles. The summed E-state index contributed by atoms with van der Waals surface area (Å²) >= 11 is 4.91. The van der Waals surface area contributed by atoms with Gasteiger partial charge in [-0.05, 0) is 30.4 Å². The van der Waals surface area contributed by atoms with Gasteiger partial charge in [-0.15, -0.1) is 0 Å². The van der Waals surface area contributed by atoms with Crippen LogP contribution >= 0.6 is 12.2 Å². The molecule has 1 aromatic carbocycles. The highest BCUT2D eigenvalue weighted by atomic mass is 32.1. The molecule has 0 bridgehead atoms. The van der Waals surface area contributed by atoms with Crippen LogP contribution in [0.1, 0.15) is 15.9 Å². The van der Waals surface area contributed by atoms with E-state index < -0.39 is 5.97 Å². The lowest BCUT2D eigenvalue weighted by atomic mass is 10.1. The number of amides is 1. The highest BCUT2D eigenvalue weighted by molar-refractivity contribution is 7.80. The van der Waals surface area contributed by atoms with Gasteiger partial charge in [-0.1, -0.05) is 6.07 Å². The van der Waals surface area contributed by atoms with E-state index in [0.717, 1.165) is 16.5 Å². The van der Waals surface area contributed by atoms with E-state index >= 15 is 0 Å². The molecular weight excluding hydrogens is 302 g/mol. The first-order valence-corrected chi connectivity index (χ1v) is 6.92. The fraction of sp³-hybridized carbons (Fsp3) is 0.133. The molecule has 2 heterocycles. The molecule has 1 aliphatic heterocycles. The topological polar surface area (TPSA) is 72.4 Å². The molecule has 0 spiro atoms. The number of thiocarbonyl (C=S) groups is 1. The van der Waals surface area contributed by atoms with Gasteiger partial charge in [0.1, 0.15) is 5.70 Å². The number of aromatic nitrogens is 1. The standard InChI is InChI=1S/C15H13N3O3S/c1-18-7-8(6-10-13(19)17-15(22)16-10)12-9(14(20)21-2)4-3-5-11(12)18/h3-7H,1-2H3,(H2,16,17,19,22)/b10-6-. The molecule has 0 unspecified atom stereocenters. The Morgan fingerprint density at radius 1 is 1.36 bits per heavy atom. The van der Waals surface area contributed by atoms with Crippen LogP contribution < -0.4 is 10.6 Å². The van der Waals surface area contributed by atoms with Crippen LogP contribution in [0, 0.1) is 0 Å². The SMILES string of the molecule is COC(=O)c1cccc2c1c(/C=C1\NC(=S)NC1=O)cn2C. The summed E-state index contributed by atoms with van der Waals surface area (Å²) in [6.45, 7) is 0. The third kappa shape index (κ3) is 2.25. The fourth-order valence-electron chi connectivity index (χ4n) is 2.51. The number of nitrogens with zero attached hydrogens (tertiary/aromatic N) is 1. The maximum atomic E-state index is 12.0. The number of carbonyl (C=O) groups excluding carboxylic acids is 2. The molecular formula is C15H13N3O3S. The maximum absolute atomic E-state index is 12.0. The minimum atomic E-state index is -0.421. The smallest absolute Gasteiger partial charge is 0.338 e. The van der Waals surface area contributed by atoms with Crippen LogP contribution in [-0.2, 0) is 16.6 Å². The van der Waals surface area contributed by atoms with Gasteiger partial charge in [-0.2, -0.15) is 0 Å². The number of rotatable bonds is 2. The number of hydrogen-bond donors (Lipinski definition) is 2. The highest BCUT2D eigenvalue weighted by Crippen LogP contribution is 2.27. The quantitative estimate of drug-likeness (QED) is 0.497. The fourth-order valence-corrected chi connectivity index (χ4v) is 2.71. The number of aryl methyl sites for hydroxylation is 1. The lowest BCUT2D eigenvalue weighted by Crippen LogP contribution is -2.21. The lowest BCUT2D eigenvalue weighted by molar-refractivity contribution is -0.115. The van der Waals surface area contributed by atoms with Crippen molar-refractivity contribution in [2.75, 3.05) is 7.11 Å². The molecule has 6 nitrogen and oxygen atoms in total. The largest absolute Gasteiger partial charge is 0.465 e. The molecule has 1 aromatic heterocycles. The monoisotopic (exact) mass is 315 g/mol. The van der Waals surface area contributed by atoms with Gasteiger partial charge in [0.05, 0.1) is 12.7 Å². The second kappa shape index (κ2) is 5.27. The van der Waals surface area contributed by atoms with Gasteiger partial charge in [0.25, 0.3) is 5.91 Å². The average Bonchev–Trinajstić information content (AvgIpc) is 2.98. The molecule has 1 amide bonds. The van der Waals surface area contributed by atoms with E-state index in [2.05, 4.69) is 10.6 Å². The van der Waals surface area contributed by atoms with Crippen molar-refractivity contribution in [2.45, 2.75) is 0 Å². The zero-order chi connectivity index (χ0) is 15.9. The van der Waals surface area contributed by atoms with Crippen molar-refractivity contribution >= 4 is 46.2 Å². The van der Waals surface area contributed by atoms with Crippen LogP contribution in [0.4, 0.5) is 0 Å². The number of methoxy groups -OCH3 is 1. The number of carbonyl (C=O) groups is 2. The zero-order valence-electron chi connectivity index (χ0n) is 12.0. The second-order valence-electron chi connectivity index (χ2n) is 4.85. The van der Waals surface area contributed by atoms with Gasteiger partial charge in [-0.25, -0.2) is 4.79 Å². The predicted molar refractivity (Wildman–Crippen MR) is 86.1 cm³/mol. The van der Waals surface area contributed by atoms with E-state index in [-0.39, 0.29) is 11.0 Å². The minimum absolute atomic E-state index is 0.268. The average molecular weight is 315 g/mol. The van der Waals surface area contributed by atoms with E-state index in [1.807, 2.05) is 23.9 Å². The van der Waals surface area contributed by atoms with Gasteiger partial charge >= 0.3 is 5.97 Å². The summed E-state index contributed by atoms with van der Waals surface area (Å²) in [5.74, 6) is -0.714. The van der Waals surface area contributed by atoms with Crippen molar-refractivity contribution in [3.05, 3.63) is 41.2 Å². The van der Waals surface area contributed by atoms with Gasteiger partial charge in [0.15, 0.2) is 5.11 Å². The third-order valence-electron chi connectivity index (χ3n) is 3.47. The first kappa shape index (κ1) is 14.3. The highest BCUT2D eigenvalue weighted by Gasteiger charge is 2.22. The summed E-state index contributed by atoms with van der Waals surface area (Å²) in [4.78, 5) is 23.8. The predicted octanol–water partition coefficient (Wildman–Crippen LogP) is 1.31. The van der Waals surface area contributed by atoms with Crippen LogP contribution in [0.2, 0.25) is 0 Å². The normalized spacial score (nSPS) is 16.0. The summed E-state index contributed by atoms with van der Waals surface area (Å²) < 4.78 is 6.72. The van der Waals surface area contributed by atoms with Crippen molar-refractivity contribution in [2.24, 2.45) is 7.05 Å². The van der Waals surface area contributed by atoms with Crippen LogP contribution in [-0.4, -0.2) is 28.7 Å². The van der Waals surface area contributed by atoms with Crippen LogP contribution in [0.5, 0.6) is 0 Å². The molecule has 2 N–H and O–H groups in total. The molecule has 0 radical (unpaired) electrons. The minimum Gasteiger partial charge on any atom is -0.465 e. The number of fused-ring (bicyclic) bond motifs is 1. The van der Waals surface area contributed by atoms with Crippen LogP contribution in [0.15, 0.2) is 30.1 Å². The Kier molecular flexibility index (Phi) is 3.42. The van der Waals surface area contributed by atoms with Gasteiger partial charge < -0.3 is 14.6 Å². The van der Waals surface area contributed by atoms with E-state index in [0.29, 0.717) is 11.3 Å². The van der Waals surface area contributed by atoms with E-state index in [9.17, 15) is 9.59 Å². The summed E-state index contributed by atoms with van der Waals surface area (Å²) in [6, 6.07) is 5.39. The summed E-state index contributed by atoms with van der Waals surface area (Å²) in [7, 11) is 3.21. The second-order valence-corrected chi connectivity index (χ2v) is 5.26. The van der Waals surface area contributed by atoms with Gasteiger partial charge in [-0.3, -0.25) is 10.1 Å². The summed E-state index contributed by atoms with van der Waals surface area (Å²) in [5, 5.41) is 6.30. The van der Waals surface area contributed by atoms with Crippen molar-refractivity contribution in [1.82, 2.24) is 15.2 Å². The first-order valence-electron chi connectivity index (χ1n) is 6.51. The van der Waals surface area contributed by atoms with Crippen molar-refractivity contribution in [3.63, 3.8) is 0 Å². The Bertz CT molecular complexity index is 851. The Morgan fingerprint density at radius 2 is 2.14 bits per heavy atom. The lowest BCUT2D eigenvalue weighted by Gasteiger charge is -2.03. The van der Waals surface area contributed by atoms with E-state index in [1.54, 1.807) is 18.2 Å². The molecule has 0 aliphatic carbocycles. The third-order valence-corrected chi connectivity index (χ3v) is 3.67. The first-order chi connectivity index (χ1) is 10.5.